The van der Waals surface area contributed by atoms with Crippen molar-refractivity contribution < 1.29 is 8.42 Å². The van der Waals surface area contributed by atoms with Crippen molar-refractivity contribution in [2.45, 2.75) is 11.4 Å². The summed E-state index contributed by atoms with van der Waals surface area (Å²) in [5.74, 6) is 0. The fourth-order valence-electron chi connectivity index (χ4n) is 1.75. The number of sulfonamides is 1. The fraction of sp³-hybridized carbons (Fsp3) is 0.143. The molecular weight excluding hydrogens is 340 g/mol. The molecule has 0 saturated heterocycles. The number of hydrogen-bond acceptors (Lipinski definition) is 3. The molecule has 0 fully saturated rings. The van der Waals surface area contributed by atoms with E-state index in [1.165, 1.54) is 4.31 Å². The molecule has 0 unspecified atom stereocenters. The van der Waals surface area contributed by atoms with Crippen molar-refractivity contribution in [2.24, 2.45) is 0 Å². The highest BCUT2D eigenvalue weighted by Gasteiger charge is 2.20. The number of rotatable bonds is 4. The second kappa shape index (κ2) is 5.95. The van der Waals surface area contributed by atoms with Crippen molar-refractivity contribution in [1.82, 2.24) is 4.31 Å². The van der Waals surface area contributed by atoms with Gasteiger partial charge < -0.3 is 5.73 Å². The molecule has 0 amide bonds. The molecule has 0 radical (unpaired) electrons. The molecule has 2 aromatic rings. The van der Waals surface area contributed by atoms with Crippen LogP contribution in [0.3, 0.4) is 0 Å². The molecule has 0 aliphatic carbocycles. The number of nitrogen functional groups attached to an aromatic ring is 1. The second-order valence-electron chi connectivity index (χ2n) is 4.46. The minimum atomic E-state index is -3.48. The van der Waals surface area contributed by atoms with Gasteiger partial charge in [-0.3, -0.25) is 0 Å². The van der Waals surface area contributed by atoms with E-state index in [0.717, 1.165) is 10.0 Å². The molecule has 6 heteroatoms. The van der Waals surface area contributed by atoms with Crippen LogP contribution in [0.25, 0.3) is 0 Å². The summed E-state index contributed by atoms with van der Waals surface area (Å²) < 4.78 is 27.0. The molecule has 2 aromatic carbocycles. The first-order chi connectivity index (χ1) is 9.39. The van der Waals surface area contributed by atoms with E-state index in [0.29, 0.717) is 12.2 Å². The molecule has 20 heavy (non-hydrogen) atoms. The van der Waals surface area contributed by atoms with Crippen LogP contribution in [0, 0.1) is 0 Å². The molecule has 0 saturated carbocycles. The third-order valence-corrected chi connectivity index (χ3v) is 5.25. The first-order valence-corrected chi connectivity index (χ1v) is 8.19. The predicted octanol–water partition coefficient (Wildman–Crippen LogP) is 2.85. The number of hydrogen-bond donors (Lipinski definition) is 1. The van der Waals surface area contributed by atoms with Crippen molar-refractivity contribution in [3.05, 3.63) is 58.6 Å². The first kappa shape index (κ1) is 15.0. The fourth-order valence-corrected chi connectivity index (χ4v) is 3.17. The maximum absolute atomic E-state index is 12.4. The van der Waals surface area contributed by atoms with Crippen LogP contribution in [0.5, 0.6) is 0 Å². The van der Waals surface area contributed by atoms with Crippen LogP contribution in [0.15, 0.2) is 57.9 Å². The first-order valence-electron chi connectivity index (χ1n) is 5.96. The Morgan fingerprint density at radius 2 is 1.60 bits per heavy atom. The quantitative estimate of drug-likeness (QED) is 0.858. The van der Waals surface area contributed by atoms with Crippen molar-refractivity contribution in [3.8, 4) is 0 Å². The van der Waals surface area contributed by atoms with E-state index >= 15 is 0 Å². The summed E-state index contributed by atoms with van der Waals surface area (Å²) in [5.41, 5.74) is 7.16. The Hall–Kier alpha value is -1.37. The topological polar surface area (TPSA) is 63.4 Å². The Kier molecular flexibility index (Phi) is 4.47. The number of nitrogens with two attached hydrogens (primary N) is 1. The summed E-state index contributed by atoms with van der Waals surface area (Å²) in [5, 5.41) is 0. The average molecular weight is 355 g/mol. The molecule has 0 bridgehead atoms. The normalized spacial score (nSPS) is 11.8. The van der Waals surface area contributed by atoms with E-state index in [-0.39, 0.29) is 4.90 Å². The number of nitrogens with zero attached hydrogens (tertiary/aromatic N) is 1. The van der Waals surface area contributed by atoms with Crippen molar-refractivity contribution in [3.63, 3.8) is 0 Å². The Labute approximate surface area is 127 Å². The summed E-state index contributed by atoms with van der Waals surface area (Å²) in [6, 6.07) is 13.8. The third-order valence-electron chi connectivity index (χ3n) is 2.91. The lowest BCUT2D eigenvalue weighted by molar-refractivity contribution is 0.467. The Bertz CT molecular complexity index is 682. The lowest BCUT2D eigenvalue weighted by atomic mass is 10.2. The third kappa shape index (κ3) is 3.39. The van der Waals surface area contributed by atoms with E-state index in [9.17, 15) is 8.42 Å². The van der Waals surface area contributed by atoms with E-state index in [1.54, 1.807) is 43.4 Å². The van der Waals surface area contributed by atoms with Gasteiger partial charge in [0.25, 0.3) is 0 Å². The van der Waals surface area contributed by atoms with Gasteiger partial charge in [-0.05, 0) is 42.0 Å². The molecule has 4 nitrogen and oxygen atoms in total. The molecule has 2 N–H and O–H groups in total. The summed E-state index contributed by atoms with van der Waals surface area (Å²) >= 11 is 3.29. The predicted molar refractivity (Wildman–Crippen MR) is 83.6 cm³/mol. The summed E-state index contributed by atoms with van der Waals surface area (Å²) in [6.07, 6.45) is 0. The highest BCUT2D eigenvalue weighted by Crippen LogP contribution is 2.19. The average Bonchev–Trinajstić information content (AvgIpc) is 2.42. The van der Waals surface area contributed by atoms with Crippen molar-refractivity contribution in [2.75, 3.05) is 12.8 Å². The highest BCUT2D eigenvalue weighted by molar-refractivity contribution is 9.10. The molecule has 0 aliphatic rings. The molecule has 106 valence electrons. The van der Waals surface area contributed by atoms with Gasteiger partial charge in [-0.2, -0.15) is 4.31 Å². The van der Waals surface area contributed by atoms with Gasteiger partial charge in [-0.1, -0.05) is 28.1 Å². The largest absolute Gasteiger partial charge is 0.399 e. The van der Waals surface area contributed by atoms with Crippen LogP contribution >= 0.6 is 15.9 Å². The summed E-state index contributed by atoms with van der Waals surface area (Å²) in [7, 11) is -1.92. The maximum Gasteiger partial charge on any atom is 0.243 e. The molecule has 0 aromatic heterocycles. The van der Waals surface area contributed by atoms with Gasteiger partial charge in [0.1, 0.15) is 0 Å². The summed E-state index contributed by atoms with van der Waals surface area (Å²) in [4.78, 5) is 0.277. The zero-order valence-corrected chi connectivity index (χ0v) is 13.4. The Morgan fingerprint density at radius 3 is 2.15 bits per heavy atom. The summed E-state index contributed by atoms with van der Waals surface area (Å²) in [6.45, 7) is 0.304. The van der Waals surface area contributed by atoms with Crippen LogP contribution in [0.4, 0.5) is 5.69 Å². The van der Waals surface area contributed by atoms with E-state index in [2.05, 4.69) is 15.9 Å². The van der Waals surface area contributed by atoms with Crippen LogP contribution in [-0.2, 0) is 16.6 Å². The SMILES string of the molecule is CN(Cc1ccc(N)cc1)S(=O)(=O)c1ccc(Br)cc1. The molecule has 0 atom stereocenters. The zero-order chi connectivity index (χ0) is 14.8. The van der Waals surface area contributed by atoms with Gasteiger partial charge >= 0.3 is 0 Å². The minimum Gasteiger partial charge on any atom is -0.399 e. The number of anilines is 1. The minimum absolute atomic E-state index is 0.277. The molecule has 0 aliphatic heterocycles. The molecule has 0 spiro atoms. The Balaban J connectivity index is 2.21. The second-order valence-corrected chi connectivity index (χ2v) is 7.42. The van der Waals surface area contributed by atoms with Crippen LogP contribution in [0.1, 0.15) is 5.56 Å². The highest BCUT2D eigenvalue weighted by atomic mass is 79.9. The van der Waals surface area contributed by atoms with E-state index in [1.807, 2.05) is 12.1 Å². The van der Waals surface area contributed by atoms with Gasteiger partial charge in [0.15, 0.2) is 0 Å². The molecule has 2 rings (SSSR count). The van der Waals surface area contributed by atoms with Gasteiger partial charge in [0, 0.05) is 23.8 Å². The number of halogens is 1. The van der Waals surface area contributed by atoms with E-state index in [4.69, 9.17) is 5.73 Å². The van der Waals surface area contributed by atoms with Crippen LogP contribution < -0.4 is 5.73 Å². The van der Waals surface area contributed by atoms with Gasteiger partial charge in [0.2, 0.25) is 10.0 Å². The molecule has 0 heterocycles. The molecular formula is C14H15BrN2O2S. The van der Waals surface area contributed by atoms with Crippen LogP contribution in [-0.4, -0.2) is 19.8 Å². The van der Waals surface area contributed by atoms with Crippen molar-refractivity contribution >= 4 is 31.6 Å². The number of benzene rings is 2. The monoisotopic (exact) mass is 354 g/mol. The Morgan fingerprint density at radius 1 is 1.05 bits per heavy atom. The lowest BCUT2D eigenvalue weighted by Gasteiger charge is -2.17. The van der Waals surface area contributed by atoms with Gasteiger partial charge in [-0.25, -0.2) is 8.42 Å². The zero-order valence-electron chi connectivity index (χ0n) is 11.0. The maximum atomic E-state index is 12.4. The van der Waals surface area contributed by atoms with Crippen LogP contribution in [0.2, 0.25) is 0 Å². The van der Waals surface area contributed by atoms with E-state index < -0.39 is 10.0 Å². The van der Waals surface area contributed by atoms with Crippen molar-refractivity contribution in [1.29, 1.82) is 0 Å². The smallest absolute Gasteiger partial charge is 0.243 e. The standard InChI is InChI=1S/C14H15BrN2O2S/c1-17(10-11-2-6-13(16)7-3-11)20(18,19)14-8-4-12(15)5-9-14/h2-9H,10,16H2,1H3. The van der Waals surface area contributed by atoms with Gasteiger partial charge in [0.05, 0.1) is 4.90 Å². The van der Waals surface area contributed by atoms with Gasteiger partial charge in [-0.15, -0.1) is 0 Å². The lowest BCUT2D eigenvalue weighted by Crippen LogP contribution is -2.26.